The molecule has 1 aromatic heterocycles. The lowest BCUT2D eigenvalue weighted by molar-refractivity contribution is 0.389. The summed E-state index contributed by atoms with van der Waals surface area (Å²) in [5.74, 6) is 0. The first-order valence-corrected chi connectivity index (χ1v) is 6.18. The quantitative estimate of drug-likeness (QED) is 0.790. The Morgan fingerprint density at radius 2 is 1.60 bits per heavy atom. The second-order valence-electron chi connectivity index (χ2n) is 3.71. The van der Waals surface area contributed by atoms with Gasteiger partial charge in [-0.1, -0.05) is 13.8 Å². The molecule has 0 N–H and O–H groups in total. The topological polar surface area (TPSA) is 19.4 Å². The molecule has 3 nitrogen and oxygen atoms in total. The maximum Gasteiger partial charge on any atom is 0.107 e. The fraction of sp³-hybridized carbons (Fsp3) is 0.727. The fourth-order valence-corrected chi connectivity index (χ4v) is 1.99. The van der Waals surface area contributed by atoms with Crippen LogP contribution in [0, 0.1) is 0 Å². The highest BCUT2D eigenvalue weighted by molar-refractivity contribution is 7.09. The van der Waals surface area contributed by atoms with Crippen LogP contribution in [0.1, 0.15) is 24.5 Å². The van der Waals surface area contributed by atoms with Crippen molar-refractivity contribution in [3.8, 4) is 0 Å². The van der Waals surface area contributed by atoms with E-state index in [9.17, 15) is 0 Å². The van der Waals surface area contributed by atoms with Gasteiger partial charge in [0.2, 0.25) is 0 Å². The number of hydrogen-bond donors (Lipinski definition) is 0. The van der Waals surface area contributed by atoms with Gasteiger partial charge in [0.25, 0.3) is 0 Å². The number of nitrogens with zero attached hydrogens (tertiary/aromatic N) is 3. The molecule has 0 spiro atoms. The number of hydrogen-bond acceptors (Lipinski definition) is 4. The second-order valence-corrected chi connectivity index (χ2v) is 4.65. The molecule has 0 unspecified atom stereocenters. The first-order chi connectivity index (χ1) is 7.08. The van der Waals surface area contributed by atoms with E-state index in [2.05, 4.69) is 48.4 Å². The Kier molecular flexibility index (Phi) is 7.56. The Hall–Kier alpha value is -0.450. The van der Waals surface area contributed by atoms with Gasteiger partial charge in [-0.25, -0.2) is 4.98 Å². The molecular formula is C11H23N3S. The van der Waals surface area contributed by atoms with E-state index in [1.165, 1.54) is 10.7 Å². The maximum absolute atomic E-state index is 4.53. The molecule has 0 saturated carbocycles. The summed E-state index contributed by atoms with van der Waals surface area (Å²) in [4.78, 5) is 8.80. The summed E-state index contributed by atoms with van der Waals surface area (Å²) >= 11 is 1.74. The van der Waals surface area contributed by atoms with E-state index in [1.54, 1.807) is 11.3 Å². The molecule has 0 saturated heterocycles. The van der Waals surface area contributed by atoms with E-state index in [-0.39, 0.29) is 0 Å². The van der Waals surface area contributed by atoms with Gasteiger partial charge in [0.15, 0.2) is 0 Å². The minimum Gasteiger partial charge on any atom is -0.304 e. The SMILES string of the molecule is CC.CN(C)Cc1csc(CN(C)C)n1. The normalized spacial score (nSPS) is 10.4. The molecule has 0 radical (unpaired) electrons. The van der Waals surface area contributed by atoms with Crippen molar-refractivity contribution in [1.29, 1.82) is 0 Å². The van der Waals surface area contributed by atoms with Crippen molar-refractivity contribution in [1.82, 2.24) is 14.8 Å². The highest BCUT2D eigenvalue weighted by Crippen LogP contribution is 2.11. The summed E-state index contributed by atoms with van der Waals surface area (Å²) in [6.07, 6.45) is 0. The molecule has 1 rings (SSSR count). The van der Waals surface area contributed by atoms with E-state index in [0.717, 1.165) is 13.1 Å². The van der Waals surface area contributed by atoms with Crippen LogP contribution in [0.5, 0.6) is 0 Å². The summed E-state index contributed by atoms with van der Waals surface area (Å²) in [7, 11) is 8.25. The molecule has 1 aromatic rings. The minimum absolute atomic E-state index is 0.934. The lowest BCUT2D eigenvalue weighted by Gasteiger charge is -2.07. The summed E-state index contributed by atoms with van der Waals surface area (Å²) in [5, 5.41) is 3.33. The van der Waals surface area contributed by atoms with E-state index in [0.29, 0.717) is 0 Å². The van der Waals surface area contributed by atoms with Crippen molar-refractivity contribution in [3.05, 3.63) is 16.1 Å². The first kappa shape index (κ1) is 14.6. The molecule has 0 aliphatic carbocycles. The number of thiazole rings is 1. The van der Waals surface area contributed by atoms with Gasteiger partial charge in [0.05, 0.1) is 5.69 Å². The average Bonchev–Trinajstić information content (AvgIpc) is 2.54. The molecule has 1 heterocycles. The van der Waals surface area contributed by atoms with Crippen LogP contribution >= 0.6 is 11.3 Å². The molecule has 0 aliphatic heterocycles. The van der Waals surface area contributed by atoms with Gasteiger partial charge in [0.1, 0.15) is 5.01 Å². The van der Waals surface area contributed by atoms with Crippen molar-refractivity contribution < 1.29 is 0 Å². The molecule has 0 atom stereocenters. The Bertz CT molecular complexity index is 232. The number of rotatable bonds is 4. The minimum atomic E-state index is 0.934. The van der Waals surface area contributed by atoms with Gasteiger partial charge in [-0.05, 0) is 28.2 Å². The smallest absolute Gasteiger partial charge is 0.107 e. The van der Waals surface area contributed by atoms with Gasteiger partial charge in [-0.3, -0.25) is 0 Å². The zero-order valence-corrected chi connectivity index (χ0v) is 11.6. The summed E-state index contributed by atoms with van der Waals surface area (Å²) < 4.78 is 0. The van der Waals surface area contributed by atoms with Gasteiger partial charge in [0, 0.05) is 18.5 Å². The lowest BCUT2D eigenvalue weighted by atomic mass is 10.4. The first-order valence-electron chi connectivity index (χ1n) is 5.30. The van der Waals surface area contributed by atoms with Gasteiger partial charge in [-0.2, -0.15) is 0 Å². The van der Waals surface area contributed by atoms with Gasteiger partial charge < -0.3 is 9.80 Å². The van der Waals surface area contributed by atoms with Crippen LogP contribution in [0.3, 0.4) is 0 Å². The second kappa shape index (κ2) is 7.79. The van der Waals surface area contributed by atoms with Crippen LogP contribution in [-0.4, -0.2) is 43.0 Å². The molecule has 0 fully saturated rings. The van der Waals surface area contributed by atoms with Crippen LogP contribution < -0.4 is 0 Å². The van der Waals surface area contributed by atoms with Crippen LogP contribution in [0.25, 0.3) is 0 Å². The van der Waals surface area contributed by atoms with Crippen LogP contribution in [-0.2, 0) is 13.1 Å². The summed E-state index contributed by atoms with van der Waals surface area (Å²) in [5.41, 5.74) is 1.17. The molecule has 88 valence electrons. The van der Waals surface area contributed by atoms with E-state index in [4.69, 9.17) is 0 Å². The zero-order chi connectivity index (χ0) is 11.8. The predicted octanol–water partition coefficient (Wildman–Crippen LogP) is 2.29. The Labute approximate surface area is 97.7 Å². The lowest BCUT2D eigenvalue weighted by Crippen LogP contribution is -2.12. The largest absolute Gasteiger partial charge is 0.304 e. The molecule has 0 amide bonds. The van der Waals surface area contributed by atoms with Crippen LogP contribution in [0.2, 0.25) is 0 Å². The van der Waals surface area contributed by atoms with Gasteiger partial charge >= 0.3 is 0 Å². The van der Waals surface area contributed by atoms with Crippen LogP contribution in [0.15, 0.2) is 5.38 Å². The predicted molar refractivity (Wildman–Crippen MR) is 68.2 cm³/mol. The number of aromatic nitrogens is 1. The van der Waals surface area contributed by atoms with Crippen molar-refractivity contribution in [2.24, 2.45) is 0 Å². The van der Waals surface area contributed by atoms with Crippen molar-refractivity contribution in [3.63, 3.8) is 0 Å². The maximum atomic E-state index is 4.53. The monoisotopic (exact) mass is 229 g/mol. The van der Waals surface area contributed by atoms with E-state index in [1.807, 2.05) is 13.8 Å². The highest BCUT2D eigenvalue weighted by atomic mass is 32.1. The highest BCUT2D eigenvalue weighted by Gasteiger charge is 2.03. The molecular weight excluding hydrogens is 206 g/mol. The standard InChI is InChI=1S/C9H17N3S.C2H6/c1-11(2)5-8-7-13-9(10-8)6-12(3)4;1-2/h7H,5-6H2,1-4H3;1-2H3. The third-order valence-electron chi connectivity index (χ3n) is 1.53. The van der Waals surface area contributed by atoms with E-state index >= 15 is 0 Å². The van der Waals surface area contributed by atoms with Crippen LogP contribution in [0.4, 0.5) is 0 Å². The zero-order valence-electron chi connectivity index (χ0n) is 10.7. The summed E-state index contributed by atoms with van der Waals surface area (Å²) in [6.45, 7) is 5.88. The van der Waals surface area contributed by atoms with E-state index < -0.39 is 0 Å². The average molecular weight is 229 g/mol. The molecule has 0 aromatic carbocycles. The fourth-order valence-electron chi connectivity index (χ4n) is 1.09. The van der Waals surface area contributed by atoms with Gasteiger partial charge in [-0.15, -0.1) is 11.3 Å². The van der Waals surface area contributed by atoms with Crippen molar-refractivity contribution in [2.45, 2.75) is 26.9 Å². The molecule has 0 bridgehead atoms. The third-order valence-corrected chi connectivity index (χ3v) is 2.41. The summed E-state index contributed by atoms with van der Waals surface area (Å²) in [6, 6.07) is 0. The molecule has 4 heteroatoms. The van der Waals surface area contributed by atoms with Crippen molar-refractivity contribution in [2.75, 3.05) is 28.2 Å². The van der Waals surface area contributed by atoms with Crippen molar-refractivity contribution >= 4 is 11.3 Å². The molecule has 0 aliphatic rings. The Balaban J connectivity index is 0.000000921. The Morgan fingerprint density at radius 1 is 1.07 bits per heavy atom. The molecule has 15 heavy (non-hydrogen) atoms. The Morgan fingerprint density at radius 3 is 2.07 bits per heavy atom. The third kappa shape index (κ3) is 6.60.